The molecular formula is C10H21NO. The van der Waals surface area contributed by atoms with Crippen LogP contribution < -0.4 is 5.73 Å². The van der Waals surface area contributed by atoms with Crippen molar-refractivity contribution in [1.29, 1.82) is 0 Å². The molecule has 0 saturated heterocycles. The van der Waals surface area contributed by atoms with Crippen molar-refractivity contribution in [2.24, 2.45) is 17.6 Å². The van der Waals surface area contributed by atoms with Crippen LogP contribution >= 0.6 is 0 Å². The second-order valence-corrected chi connectivity index (χ2v) is 4.64. The van der Waals surface area contributed by atoms with E-state index in [-0.39, 0.29) is 6.04 Å². The first-order valence-electron chi connectivity index (χ1n) is 4.93. The van der Waals surface area contributed by atoms with Crippen LogP contribution in [0.4, 0.5) is 0 Å². The number of nitrogens with two attached hydrogens (primary N) is 1. The van der Waals surface area contributed by atoms with Crippen molar-refractivity contribution in [2.45, 2.75) is 51.7 Å². The molecular weight excluding hydrogens is 150 g/mol. The topological polar surface area (TPSA) is 46.2 Å². The Kier molecular flexibility index (Phi) is 2.79. The molecule has 0 aromatic carbocycles. The molecule has 0 amide bonds. The lowest BCUT2D eigenvalue weighted by Crippen LogP contribution is -2.37. The SMILES string of the molecule is CC(C)C(C)C1(O)CCC(N)C1. The van der Waals surface area contributed by atoms with Crippen LogP contribution in [0.15, 0.2) is 0 Å². The normalized spacial score (nSPS) is 39.0. The Bertz CT molecular complexity index is 158. The zero-order chi connectivity index (χ0) is 9.35. The third kappa shape index (κ3) is 1.80. The molecule has 3 N–H and O–H groups in total. The van der Waals surface area contributed by atoms with Gasteiger partial charge < -0.3 is 10.8 Å². The molecule has 3 atom stereocenters. The van der Waals surface area contributed by atoms with Gasteiger partial charge in [0.2, 0.25) is 0 Å². The van der Waals surface area contributed by atoms with E-state index in [1.54, 1.807) is 0 Å². The second kappa shape index (κ2) is 3.35. The number of hydrogen-bond donors (Lipinski definition) is 2. The Balaban J connectivity index is 2.60. The van der Waals surface area contributed by atoms with Gasteiger partial charge in [-0.1, -0.05) is 20.8 Å². The van der Waals surface area contributed by atoms with Gasteiger partial charge in [-0.25, -0.2) is 0 Å². The molecule has 3 unspecified atom stereocenters. The fourth-order valence-electron chi connectivity index (χ4n) is 2.13. The Morgan fingerprint density at radius 3 is 2.33 bits per heavy atom. The lowest BCUT2D eigenvalue weighted by atomic mass is 9.80. The highest BCUT2D eigenvalue weighted by molar-refractivity contribution is 4.95. The third-order valence-corrected chi connectivity index (χ3v) is 3.41. The maximum Gasteiger partial charge on any atom is 0.0690 e. The zero-order valence-corrected chi connectivity index (χ0v) is 8.38. The minimum Gasteiger partial charge on any atom is -0.390 e. The van der Waals surface area contributed by atoms with Gasteiger partial charge in [-0.15, -0.1) is 0 Å². The van der Waals surface area contributed by atoms with Gasteiger partial charge in [0.25, 0.3) is 0 Å². The minimum atomic E-state index is -0.479. The number of aliphatic hydroxyl groups is 1. The van der Waals surface area contributed by atoms with Crippen molar-refractivity contribution in [3.63, 3.8) is 0 Å². The van der Waals surface area contributed by atoms with E-state index in [0.717, 1.165) is 19.3 Å². The summed E-state index contributed by atoms with van der Waals surface area (Å²) in [6.07, 6.45) is 2.65. The molecule has 2 nitrogen and oxygen atoms in total. The van der Waals surface area contributed by atoms with Crippen molar-refractivity contribution in [3.05, 3.63) is 0 Å². The largest absolute Gasteiger partial charge is 0.390 e. The summed E-state index contributed by atoms with van der Waals surface area (Å²) in [5.41, 5.74) is 5.31. The average molecular weight is 171 g/mol. The predicted molar refractivity (Wildman–Crippen MR) is 50.8 cm³/mol. The molecule has 12 heavy (non-hydrogen) atoms. The fraction of sp³-hybridized carbons (Fsp3) is 1.00. The third-order valence-electron chi connectivity index (χ3n) is 3.41. The summed E-state index contributed by atoms with van der Waals surface area (Å²) in [4.78, 5) is 0. The van der Waals surface area contributed by atoms with E-state index in [2.05, 4.69) is 20.8 Å². The quantitative estimate of drug-likeness (QED) is 0.661. The minimum absolute atomic E-state index is 0.219. The van der Waals surface area contributed by atoms with Gasteiger partial charge in [-0.2, -0.15) is 0 Å². The van der Waals surface area contributed by atoms with E-state index >= 15 is 0 Å². The second-order valence-electron chi connectivity index (χ2n) is 4.64. The van der Waals surface area contributed by atoms with Crippen LogP contribution in [0.1, 0.15) is 40.0 Å². The van der Waals surface area contributed by atoms with Crippen LogP contribution in [0.2, 0.25) is 0 Å². The number of rotatable bonds is 2. The molecule has 0 aromatic rings. The predicted octanol–water partition coefficient (Wildman–Crippen LogP) is 1.52. The van der Waals surface area contributed by atoms with Gasteiger partial charge >= 0.3 is 0 Å². The lowest BCUT2D eigenvalue weighted by molar-refractivity contribution is -0.0239. The molecule has 1 fully saturated rings. The molecule has 0 heterocycles. The van der Waals surface area contributed by atoms with Gasteiger partial charge in [0.15, 0.2) is 0 Å². The van der Waals surface area contributed by atoms with Crippen molar-refractivity contribution in [3.8, 4) is 0 Å². The van der Waals surface area contributed by atoms with Crippen LogP contribution in [-0.4, -0.2) is 16.7 Å². The van der Waals surface area contributed by atoms with Crippen LogP contribution in [0.5, 0.6) is 0 Å². The van der Waals surface area contributed by atoms with Crippen LogP contribution in [0, 0.1) is 11.8 Å². The Hall–Kier alpha value is -0.0800. The van der Waals surface area contributed by atoms with E-state index in [0.29, 0.717) is 11.8 Å². The summed E-state index contributed by atoms with van der Waals surface area (Å²) in [6, 6.07) is 0.219. The summed E-state index contributed by atoms with van der Waals surface area (Å²) in [7, 11) is 0. The van der Waals surface area contributed by atoms with E-state index in [9.17, 15) is 5.11 Å². The summed E-state index contributed by atoms with van der Waals surface area (Å²) in [6.45, 7) is 6.45. The molecule has 1 rings (SSSR count). The summed E-state index contributed by atoms with van der Waals surface area (Å²) in [5.74, 6) is 0.909. The van der Waals surface area contributed by atoms with E-state index < -0.39 is 5.60 Å². The molecule has 1 aliphatic rings. The lowest BCUT2D eigenvalue weighted by Gasteiger charge is -2.32. The monoisotopic (exact) mass is 171 g/mol. The first kappa shape index (κ1) is 10.0. The van der Waals surface area contributed by atoms with Gasteiger partial charge in [-0.05, 0) is 31.1 Å². The molecule has 0 aromatic heterocycles. The summed E-state index contributed by atoms with van der Waals surface area (Å²) >= 11 is 0. The molecule has 0 spiro atoms. The van der Waals surface area contributed by atoms with Crippen molar-refractivity contribution in [1.82, 2.24) is 0 Å². The molecule has 1 saturated carbocycles. The fourth-order valence-corrected chi connectivity index (χ4v) is 2.13. The van der Waals surface area contributed by atoms with Gasteiger partial charge in [0.1, 0.15) is 0 Å². The summed E-state index contributed by atoms with van der Waals surface area (Å²) in [5, 5.41) is 10.2. The molecule has 0 bridgehead atoms. The van der Waals surface area contributed by atoms with Gasteiger partial charge in [0, 0.05) is 6.04 Å². The van der Waals surface area contributed by atoms with E-state index in [1.165, 1.54) is 0 Å². The Morgan fingerprint density at radius 2 is 2.00 bits per heavy atom. The van der Waals surface area contributed by atoms with Gasteiger partial charge in [-0.3, -0.25) is 0 Å². The Morgan fingerprint density at radius 1 is 1.42 bits per heavy atom. The maximum atomic E-state index is 10.2. The first-order chi connectivity index (χ1) is 5.46. The highest BCUT2D eigenvalue weighted by Gasteiger charge is 2.41. The molecule has 0 aliphatic heterocycles. The molecule has 0 radical (unpaired) electrons. The summed E-state index contributed by atoms with van der Waals surface area (Å²) < 4.78 is 0. The standard InChI is InChI=1S/C10H21NO/c1-7(2)8(3)10(12)5-4-9(11)6-10/h7-9,12H,4-6,11H2,1-3H3. The first-order valence-corrected chi connectivity index (χ1v) is 4.93. The smallest absolute Gasteiger partial charge is 0.0690 e. The van der Waals surface area contributed by atoms with Crippen molar-refractivity contribution >= 4 is 0 Å². The molecule has 2 heteroatoms. The highest BCUT2D eigenvalue weighted by atomic mass is 16.3. The molecule has 72 valence electrons. The maximum absolute atomic E-state index is 10.2. The molecule has 1 aliphatic carbocycles. The van der Waals surface area contributed by atoms with Gasteiger partial charge in [0.05, 0.1) is 5.60 Å². The van der Waals surface area contributed by atoms with Crippen molar-refractivity contribution < 1.29 is 5.11 Å². The number of hydrogen-bond acceptors (Lipinski definition) is 2. The van der Waals surface area contributed by atoms with Crippen molar-refractivity contribution in [2.75, 3.05) is 0 Å². The Labute approximate surface area is 75.2 Å². The zero-order valence-electron chi connectivity index (χ0n) is 8.38. The average Bonchev–Trinajstić information content (AvgIpc) is 2.31. The van der Waals surface area contributed by atoms with E-state index in [1.807, 2.05) is 0 Å². The van der Waals surface area contributed by atoms with Crippen LogP contribution in [0.25, 0.3) is 0 Å². The highest BCUT2D eigenvalue weighted by Crippen LogP contribution is 2.38. The van der Waals surface area contributed by atoms with Crippen LogP contribution in [-0.2, 0) is 0 Å². The van der Waals surface area contributed by atoms with Crippen LogP contribution in [0.3, 0.4) is 0 Å². The van der Waals surface area contributed by atoms with E-state index in [4.69, 9.17) is 5.73 Å².